The first-order valence-corrected chi connectivity index (χ1v) is 13.3. The lowest BCUT2D eigenvalue weighted by molar-refractivity contribution is 0.0951. The lowest BCUT2D eigenvalue weighted by Crippen LogP contribution is -2.31. The van der Waals surface area contributed by atoms with Gasteiger partial charge in [-0.25, -0.2) is 9.97 Å². The highest BCUT2D eigenvalue weighted by Gasteiger charge is 2.12. The summed E-state index contributed by atoms with van der Waals surface area (Å²) in [4.78, 5) is 26.3. The molecular weight excluding hydrogens is 478 g/mol. The van der Waals surface area contributed by atoms with Gasteiger partial charge in [-0.2, -0.15) is 0 Å². The number of hydrogen-bond donors (Lipinski definition) is 1. The third-order valence-corrected chi connectivity index (χ3v) is 6.76. The van der Waals surface area contributed by atoms with E-state index in [1.807, 2.05) is 73.6 Å². The number of carbonyl (C=O) groups excluding carboxylic acids is 1. The highest BCUT2D eigenvalue weighted by Crippen LogP contribution is 2.27. The fourth-order valence-corrected chi connectivity index (χ4v) is 4.57. The number of carbonyl (C=O) groups is 1. The topological polar surface area (TPSA) is 61.4 Å². The van der Waals surface area contributed by atoms with Crippen molar-refractivity contribution < 1.29 is 4.79 Å². The molecular formula is C30H33N5OS. The molecule has 4 aromatic rings. The molecule has 0 saturated carbocycles. The summed E-state index contributed by atoms with van der Waals surface area (Å²) in [5, 5.41) is 3.68. The zero-order valence-electron chi connectivity index (χ0n) is 21.6. The number of nitrogens with one attached hydrogen (secondary N) is 1. The van der Waals surface area contributed by atoms with Crippen LogP contribution in [0.15, 0.2) is 96.2 Å². The number of rotatable bonds is 11. The molecule has 0 aliphatic heterocycles. The van der Waals surface area contributed by atoms with Gasteiger partial charge in [0.2, 0.25) is 0 Å². The van der Waals surface area contributed by atoms with Gasteiger partial charge in [0, 0.05) is 49.6 Å². The van der Waals surface area contributed by atoms with Crippen LogP contribution in [0.1, 0.15) is 21.5 Å². The van der Waals surface area contributed by atoms with E-state index in [1.165, 1.54) is 5.56 Å². The number of anilines is 1. The van der Waals surface area contributed by atoms with E-state index >= 15 is 0 Å². The molecule has 1 amide bonds. The molecule has 0 atom stereocenters. The van der Waals surface area contributed by atoms with Crippen LogP contribution < -0.4 is 10.2 Å². The molecule has 0 spiro atoms. The van der Waals surface area contributed by atoms with Gasteiger partial charge in [0.25, 0.3) is 5.91 Å². The number of aromatic nitrogens is 2. The second kappa shape index (κ2) is 13.0. The first-order chi connectivity index (χ1) is 18.0. The van der Waals surface area contributed by atoms with Crippen LogP contribution in [0.3, 0.4) is 0 Å². The summed E-state index contributed by atoms with van der Waals surface area (Å²) in [6, 6.07) is 30.4. The van der Waals surface area contributed by atoms with Crippen LogP contribution in [0.2, 0.25) is 0 Å². The maximum absolute atomic E-state index is 12.4. The molecule has 0 bridgehead atoms. The van der Waals surface area contributed by atoms with Gasteiger partial charge in [-0.1, -0.05) is 84.6 Å². The van der Waals surface area contributed by atoms with Crippen molar-refractivity contribution in [2.24, 2.45) is 0 Å². The Bertz CT molecular complexity index is 1280. The van der Waals surface area contributed by atoms with Gasteiger partial charge in [0.05, 0.1) is 5.69 Å². The van der Waals surface area contributed by atoms with Crippen LogP contribution in [0.25, 0.3) is 11.3 Å². The largest absolute Gasteiger partial charge is 0.355 e. The molecule has 1 heterocycles. The average molecular weight is 512 g/mol. The van der Waals surface area contributed by atoms with Gasteiger partial charge < -0.3 is 15.1 Å². The van der Waals surface area contributed by atoms with Crippen molar-refractivity contribution >= 4 is 23.5 Å². The van der Waals surface area contributed by atoms with Gasteiger partial charge in [-0.3, -0.25) is 4.79 Å². The van der Waals surface area contributed by atoms with Gasteiger partial charge >= 0.3 is 0 Å². The molecule has 190 valence electrons. The Morgan fingerprint density at radius 2 is 1.51 bits per heavy atom. The lowest BCUT2D eigenvalue weighted by Gasteiger charge is -2.20. The molecule has 0 aliphatic carbocycles. The monoisotopic (exact) mass is 511 g/mol. The Hall–Kier alpha value is -3.68. The number of hydrogen-bond acceptors (Lipinski definition) is 6. The fourth-order valence-electron chi connectivity index (χ4n) is 3.76. The highest BCUT2D eigenvalue weighted by molar-refractivity contribution is 7.98. The predicted molar refractivity (Wildman–Crippen MR) is 153 cm³/mol. The van der Waals surface area contributed by atoms with Crippen molar-refractivity contribution in [2.45, 2.75) is 17.5 Å². The van der Waals surface area contributed by atoms with E-state index < -0.39 is 0 Å². The summed E-state index contributed by atoms with van der Waals surface area (Å²) < 4.78 is 0. The fraction of sp³-hybridized carbons (Fsp3) is 0.233. The summed E-state index contributed by atoms with van der Waals surface area (Å²) in [5.74, 6) is 1.54. The molecule has 4 rings (SSSR count). The Kier molecular flexibility index (Phi) is 9.29. The van der Waals surface area contributed by atoms with E-state index in [2.05, 4.69) is 53.7 Å². The van der Waals surface area contributed by atoms with Gasteiger partial charge in [0.15, 0.2) is 5.16 Å². The SMILES string of the molecule is CN(C)CCNC(=O)c1ccc(CSc2nc(-c3ccccc3)cc(N(C)Cc3ccccc3)n2)cc1. The predicted octanol–water partition coefficient (Wildman–Crippen LogP) is 5.36. The normalized spacial score (nSPS) is 10.9. The quantitative estimate of drug-likeness (QED) is 0.216. The van der Waals surface area contributed by atoms with E-state index in [9.17, 15) is 4.79 Å². The van der Waals surface area contributed by atoms with E-state index in [1.54, 1.807) is 11.8 Å². The van der Waals surface area contributed by atoms with Gasteiger partial charge in [-0.05, 0) is 37.4 Å². The summed E-state index contributed by atoms with van der Waals surface area (Å²) in [6.07, 6.45) is 0. The van der Waals surface area contributed by atoms with E-state index in [0.717, 1.165) is 40.9 Å². The van der Waals surface area contributed by atoms with Crippen LogP contribution >= 0.6 is 11.8 Å². The van der Waals surface area contributed by atoms with E-state index in [4.69, 9.17) is 9.97 Å². The molecule has 3 aromatic carbocycles. The van der Waals surface area contributed by atoms with E-state index in [0.29, 0.717) is 17.9 Å². The van der Waals surface area contributed by atoms with Crippen LogP contribution in [-0.4, -0.2) is 55.0 Å². The molecule has 6 nitrogen and oxygen atoms in total. The zero-order valence-corrected chi connectivity index (χ0v) is 22.4. The maximum atomic E-state index is 12.4. The minimum Gasteiger partial charge on any atom is -0.355 e. The third kappa shape index (κ3) is 7.90. The number of nitrogens with zero attached hydrogens (tertiary/aromatic N) is 4. The molecule has 1 N–H and O–H groups in total. The smallest absolute Gasteiger partial charge is 0.251 e. The Labute approximate surface area is 223 Å². The Morgan fingerprint density at radius 1 is 0.838 bits per heavy atom. The summed E-state index contributed by atoms with van der Waals surface area (Å²) >= 11 is 1.60. The third-order valence-electron chi connectivity index (χ3n) is 5.84. The van der Waals surface area contributed by atoms with Crippen LogP contribution in [0.5, 0.6) is 0 Å². The van der Waals surface area contributed by atoms with Crippen molar-refractivity contribution in [3.05, 3.63) is 108 Å². The van der Waals surface area contributed by atoms with E-state index in [-0.39, 0.29) is 5.91 Å². The maximum Gasteiger partial charge on any atom is 0.251 e. The van der Waals surface area contributed by atoms with Crippen LogP contribution in [-0.2, 0) is 12.3 Å². The van der Waals surface area contributed by atoms with Crippen molar-refractivity contribution in [2.75, 3.05) is 39.1 Å². The molecule has 0 fully saturated rings. The number of thioether (sulfide) groups is 1. The Balaban J connectivity index is 1.47. The number of likely N-dealkylation sites (N-methyl/N-ethyl adjacent to an activating group) is 1. The zero-order chi connectivity index (χ0) is 26.0. The summed E-state index contributed by atoms with van der Waals surface area (Å²) in [5.41, 5.74) is 4.97. The number of benzene rings is 3. The summed E-state index contributed by atoms with van der Waals surface area (Å²) in [6.45, 7) is 2.19. The van der Waals surface area contributed by atoms with Crippen molar-refractivity contribution in [1.29, 1.82) is 0 Å². The Morgan fingerprint density at radius 3 is 2.19 bits per heavy atom. The number of amides is 1. The highest BCUT2D eigenvalue weighted by atomic mass is 32.2. The second-order valence-corrected chi connectivity index (χ2v) is 10.1. The average Bonchev–Trinajstić information content (AvgIpc) is 2.93. The molecule has 0 aliphatic rings. The van der Waals surface area contributed by atoms with Crippen LogP contribution in [0.4, 0.5) is 5.82 Å². The first-order valence-electron chi connectivity index (χ1n) is 12.3. The minimum atomic E-state index is -0.0500. The standard InChI is InChI=1S/C30H33N5OS/c1-34(2)19-18-31-29(36)26-16-14-24(15-17-26)22-37-30-32-27(25-12-8-5-9-13-25)20-28(33-30)35(3)21-23-10-6-4-7-11-23/h4-17,20H,18-19,21-22H2,1-3H3,(H,31,36). The first kappa shape index (κ1) is 26.4. The molecule has 37 heavy (non-hydrogen) atoms. The van der Waals surface area contributed by atoms with Crippen molar-refractivity contribution in [3.8, 4) is 11.3 Å². The molecule has 0 radical (unpaired) electrons. The van der Waals surface area contributed by atoms with Gasteiger partial charge in [-0.15, -0.1) is 0 Å². The minimum absolute atomic E-state index is 0.0500. The molecule has 0 unspecified atom stereocenters. The molecule has 7 heteroatoms. The van der Waals surface area contributed by atoms with Crippen LogP contribution in [0, 0.1) is 0 Å². The summed E-state index contributed by atoms with van der Waals surface area (Å²) in [7, 11) is 6.03. The second-order valence-electron chi connectivity index (χ2n) is 9.15. The van der Waals surface area contributed by atoms with Gasteiger partial charge in [0.1, 0.15) is 5.82 Å². The van der Waals surface area contributed by atoms with Crippen molar-refractivity contribution in [1.82, 2.24) is 20.2 Å². The molecule has 1 aromatic heterocycles. The van der Waals surface area contributed by atoms with Crippen molar-refractivity contribution in [3.63, 3.8) is 0 Å². The molecule has 0 saturated heterocycles. The lowest BCUT2D eigenvalue weighted by atomic mass is 10.1.